The maximum Gasteiger partial charge on any atom is 0.179 e. The highest BCUT2D eigenvalue weighted by atomic mass is 127. The van der Waals surface area contributed by atoms with Crippen LogP contribution in [0.3, 0.4) is 0 Å². The van der Waals surface area contributed by atoms with Gasteiger partial charge in [0.2, 0.25) is 0 Å². The fraction of sp³-hybridized carbons (Fsp3) is 0.143. The number of pyridine rings is 1. The summed E-state index contributed by atoms with van der Waals surface area (Å²) < 4.78 is 5.02. The molecule has 0 aliphatic carbocycles. The molecule has 0 bridgehead atoms. The van der Waals surface area contributed by atoms with E-state index in [9.17, 15) is 4.79 Å². The second-order valence-electron chi connectivity index (χ2n) is 6.41. The summed E-state index contributed by atoms with van der Waals surface area (Å²) in [4.78, 5) is 13.3. The lowest BCUT2D eigenvalue weighted by molar-refractivity contribution is 0.0968. The van der Waals surface area contributed by atoms with E-state index in [1.165, 1.54) is 22.7 Å². The summed E-state index contributed by atoms with van der Waals surface area (Å²) in [6.45, 7) is 3.91. The number of Topliss-reactive ketones (excluding diaryl/α,β-unsaturated/α-hetero) is 1. The molecule has 0 amide bonds. The lowest BCUT2D eigenvalue weighted by atomic mass is 10.1. The van der Waals surface area contributed by atoms with Crippen LogP contribution in [-0.4, -0.2) is 19.2 Å². The van der Waals surface area contributed by atoms with E-state index in [0.29, 0.717) is 5.56 Å². The minimum atomic E-state index is -0.472. The summed E-state index contributed by atoms with van der Waals surface area (Å²) in [5.74, 6) is -0.0308. The Kier molecular flexibility index (Phi) is 5.21. The SMILES string of the molecule is CC1=C(c2ccc3ccccn23)I=C(Nc2ccc(C(=O)[C@H](C)N)cc2)S1. The molecule has 3 N–H and O–H groups in total. The van der Waals surface area contributed by atoms with Crippen molar-refractivity contribution in [2.24, 2.45) is 5.73 Å². The summed E-state index contributed by atoms with van der Waals surface area (Å²) in [5.41, 5.74) is 9.85. The fourth-order valence-corrected chi connectivity index (χ4v) is 8.09. The highest BCUT2D eigenvalue weighted by molar-refractivity contribution is 14.2. The molecule has 3 aromatic rings. The molecular weight excluding hydrogens is 469 g/mol. The van der Waals surface area contributed by atoms with Crippen molar-refractivity contribution < 1.29 is 4.79 Å². The first-order chi connectivity index (χ1) is 13.0. The Morgan fingerprint density at radius 2 is 1.93 bits per heavy atom. The van der Waals surface area contributed by atoms with Crippen molar-refractivity contribution in [1.29, 1.82) is 0 Å². The van der Waals surface area contributed by atoms with E-state index in [2.05, 4.69) is 53.2 Å². The number of hydrogen-bond acceptors (Lipinski definition) is 4. The van der Waals surface area contributed by atoms with Crippen LogP contribution >= 0.6 is 32.5 Å². The number of benzene rings is 1. The standard InChI is InChI=1S/C21H20IN3OS/c1-13(23)20(26)15-6-8-16(9-7-15)24-21-22-19(14(2)27-21)18-11-10-17-5-3-4-12-25(17)18/h3-13,24H,23H2,1-2H3/t13-/m0/s1. The Bertz CT molecular complexity index is 1080. The van der Waals surface area contributed by atoms with Gasteiger partial charge in [0, 0.05) is 31.4 Å². The second kappa shape index (κ2) is 7.61. The van der Waals surface area contributed by atoms with Gasteiger partial charge in [-0.2, -0.15) is 0 Å². The maximum absolute atomic E-state index is 12.0. The molecular formula is C21H20IN3OS. The van der Waals surface area contributed by atoms with Gasteiger partial charge in [-0.3, -0.25) is 4.79 Å². The van der Waals surface area contributed by atoms with Crippen molar-refractivity contribution in [2.75, 3.05) is 5.32 Å². The zero-order chi connectivity index (χ0) is 19.0. The van der Waals surface area contributed by atoms with E-state index in [1.54, 1.807) is 6.92 Å². The minimum absolute atomic E-state index is 0.0308. The van der Waals surface area contributed by atoms with Crippen LogP contribution in [0.15, 0.2) is 65.7 Å². The van der Waals surface area contributed by atoms with Gasteiger partial charge in [0.25, 0.3) is 0 Å². The van der Waals surface area contributed by atoms with E-state index < -0.39 is 6.04 Å². The number of carbonyl (C=O) groups excluding carboxylic acids is 1. The molecule has 1 atom stereocenters. The number of nitrogens with one attached hydrogen (secondary N) is 1. The molecule has 1 aliphatic rings. The molecule has 0 radical (unpaired) electrons. The van der Waals surface area contributed by atoms with E-state index in [0.717, 1.165) is 5.69 Å². The van der Waals surface area contributed by atoms with E-state index in [1.807, 2.05) is 36.0 Å². The average Bonchev–Trinajstić information content (AvgIpc) is 3.24. The normalized spacial score (nSPS) is 15.4. The number of anilines is 1. The zero-order valence-corrected chi connectivity index (χ0v) is 18.0. The number of hydrogen-bond donors (Lipinski definition) is 2. The van der Waals surface area contributed by atoms with Crippen LogP contribution in [0.5, 0.6) is 0 Å². The number of rotatable bonds is 5. The number of thioether (sulfide) groups is 1. The Morgan fingerprint density at radius 3 is 2.67 bits per heavy atom. The molecule has 1 aromatic carbocycles. The van der Waals surface area contributed by atoms with E-state index in [-0.39, 0.29) is 26.5 Å². The molecule has 0 saturated heterocycles. The summed E-state index contributed by atoms with van der Waals surface area (Å²) in [7, 11) is 0. The largest absolute Gasteiger partial charge is 0.345 e. The van der Waals surface area contributed by atoms with Gasteiger partial charge in [-0.05, 0) is 83.1 Å². The first-order valence-electron chi connectivity index (χ1n) is 8.67. The monoisotopic (exact) mass is 489 g/mol. The Hall–Kier alpha value is -1.90. The van der Waals surface area contributed by atoms with Crippen molar-refractivity contribution in [3.63, 3.8) is 0 Å². The number of nitrogens with two attached hydrogens (primary N) is 1. The number of halogens is 1. The molecule has 2 aromatic heterocycles. The molecule has 0 saturated carbocycles. The van der Waals surface area contributed by atoms with Crippen molar-refractivity contribution in [2.45, 2.75) is 19.9 Å². The first kappa shape index (κ1) is 18.5. The van der Waals surface area contributed by atoms with Crippen LogP contribution in [0.4, 0.5) is 5.69 Å². The predicted molar refractivity (Wildman–Crippen MR) is 125 cm³/mol. The topological polar surface area (TPSA) is 59.5 Å². The van der Waals surface area contributed by atoms with E-state index in [4.69, 9.17) is 5.73 Å². The van der Waals surface area contributed by atoms with Crippen molar-refractivity contribution in [3.05, 3.63) is 77.0 Å². The number of nitrogens with zero attached hydrogens (tertiary/aromatic N) is 1. The molecule has 0 fully saturated rings. The van der Waals surface area contributed by atoms with Crippen LogP contribution in [0.2, 0.25) is 0 Å². The quantitative estimate of drug-likeness (QED) is 0.388. The molecule has 4 rings (SSSR count). The Balaban J connectivity index is 1.55. The lowest BCUT2D eigenvalue weighted by Gasteiger charge is -2.08. The number of aromatic nitrogens is 1. The number of ketones is 1. The van der Waals surface area contributed by atoms with Crippen LogP contribution < -0.4 is 11.1 Å². The third kappa shape index (κ3) is 3.74. The molecule has 1 aliphatic heterocycles. The lowest BCUT2D eigenvalue weighted by Crippen LogP contribution is -2.26. The minimum Gasteiger partial charge on any atom is -0.345 e. The van der Waals surface area contributed by atoms with Gasteiger partial charge < -0.3 is 15.5 Å². The summed E-state index contributed by atoms with van der Waals surface area (Å²) in [6.07, 6.45) is 2.12. The van der Waals surface area contributed by atoms with Gasteiger partial charge in [-0.25, -0.2) is 0 Å². The molecule has 4 nitrogen and oxygen atoms in total. The Morgan fingerprint density at radius 1 is 1.15 bits per heavy atom. The third-order valence-electron chi connectivity index (χ3n) is 4.35. The molecule has 138 valence electrons. The maximum atomic E-state index is 12.0. The first-order valence-corrected chi connectivity index (χ1v) is 11.6. The number of carbonyl (C=O) groups is 1. The van der Waals surface area contributed by atoms with Gasteiger partial charge in [-0.1, -0.05) is 17.8 Å². The second-order valence-corrected chi connectivity index (χ2v) is 11.1. The van der Waals surface area contributed by atoms with Crippen LogP contribution in [0.25, 0.3) is 9.10 Å². The number of allylic oxidation sites excluding steroid dienone is 1. The molecule has 6 heteroatoms. The highest BCUT2D eigenvalue weighted by Crippen LogP contribution is 2.45. The van der Waals surface area contributed by atoms with Gasteiger partial charge in [0.1, 0.15) is 2.96 Å². The predicted octanol–water partition coefficient (Wildman–Crippen LogP) is 5.07. The van der Waals surface area contributed by atoms with Crippen LogP contribution in [0.1, 0.15) is 29.9 Å². The number of fused-ring (bicyclic) bond motifs is 1. The molecule has 3 heterocycles. The Labute approximate surface area is 172 Å². The summed E-state index contributed by atoms with van der Waals surface area (Å²) in [5, 5.41) is 3.54. The van der Waals surface area contributed by atoms with Gasteiger partial charge in [0.05, 0.1) is 11.7 Å². The van der Waals surface area contributed by atoms with Crippen LogP contribution in [-0.2, 0) is 0 Å². The smallest absolute Gasteiger partial charge is 0.179 e. The van der Waals surface area contributed by atoms with Crippen molar-refractivity contribution in [3.8, 4) is 0 Å². The van der Waals surface area contributed by atoms with Crippen molar-refractivity contribution >= 4 is 56.0 Å². The molecule has 0 unspecified atom stereocenters. The highest BCUT2D eigenvalue weighted by Gasteiger charge is 2.19. The van der Waals surface area contributed by atoms with Crippen molar-refractivity contribution in [1.82, 2.24) is 4.40 Å². The zero-order valence-electron chi connectivity index (χ0n) is 15.1. The third-order valence-corrected chi connectivity index (χ3v) is 9.34. The van der Waals surface area contributed by atoms with Gasteiger partial charge in [-0.15, -0.1) is 0 Å². The summed E-state index contributed by atoms with van der Waals surface area (Å²) in [6, 6.07) is 17.8. The van der Waals surface area contributed by atoms with Crippen LogP contribution in [0, 0.1) is 0 Å². The average molecular weight is 489 g/mol. The molecule has 0 spiro atoms. The fourth-order valence-electron chi connectivity index (χ4n) is 2.96. The van der Waals surface area contributed by atoms with Gasteiger partial charge >= 0.3 is 0 Å². The molecule has 27 heavy (non-hydrogen) atoms. The summed E-state index contributed by atoms with van der Waals surface area (Å²) >= 11 is 1.55. The van der Waals surface area contributed by atoms with E-state index >= 15 is 0 Å². The van der Waals surface area contributed by atoms with Gasteiger partial charge in [0.15, 0.2) is 5.78 Å².